The molecule has 0 saturated heterocycles. The Labute approximate surface area is 135 Å². The van der Waals surface area contributed by atoms with Gasteiger partial charge in [-0.2, -0.15) is 0 Å². The van der Waals surface area contributed by atoms with Crippen LogP contribution in [0.1, 0.15) is 5.56 Å². The molecule has 0 unspecified atom stereocenters. The van der Waals surface area contributed by atoms with Crippen molar-refractivity contribution in [1.82, 2.24) is 0 Å². The van der Waals surface area contributed by atoms with Crippen LogP contribution in [0.5, 0.6) is 0 Å². The van der Waals surface area contributed by atoms with Crippen LogP contribution in [0.2, 0.25) is 0 Å². The number of hydrogen-bond donors (Lipinski definition) is 0. The van der Waals surface area contributed by atoms with Crippen LogP contribution in [0.25, 0.3) is 11.1 Å². The van der Waals surface area contributed by atoms with Crippen molar-refractivity contribution >= 4 is 29.9 Å². The lowest BCUT2D eigenvalue weighted by Gasteiger charge is -2.24. The van der Waals surface area contributed by atoms with Gasteiger partial charge in [0.2, 0.25) is 0 Å². The normalized spacial score (nSPS) is 11.6. The van der Waals surface area contributed by atoms with E-state index in [0.717, 1.165) is 16.1 Å². The Morgan fingerprint density at radius 1 is 0.762 bits per heavy atom. The van der Waals surface area contributed by atoms with Gasteiger partial charge in [-0.05, 0) is 16.7 Å². The average molecular weight is 367 g/mol. The van der Waals surface area contributed by atoms with Crippen LogP contribution in [0, 0.1) is 0 Å². The molecule has 2 aromatic carbocycles. The van der Waals surface area contributed by atoms with Crippen LogP contribution in [-0.2, 0) is 18.6 Å². The van der Waals surface area contributed by atoms with Gasteiger partial charge in [0.15, 0.2) is 0 Å². The van der Waals surface area contributed by atoms with E-state index in [1.807, 2.05) is 12.1 Å². The molecule has 0 aliphatic rings. The summed E-state index contributed by atoms with van der Waals surface area (Å²) >= 11 is 3.46. The molecule has 0 radical (unpaired) electrons. The molecule has 0 amide bonds. The first-order chi connectivity index (χ1) is 10.2. The van der Waals surface area contributed by atoms with E-state index in [1.54, 1.807) is 21.3 Å². The van der Waals surface area contributed by atoms with Gasteiger partial charge in [0.1, 0.15) is 0 Å². The summed E-state index contributed by atoms with van der Waals surface area (Å²) in [5, 5.41) is 1.83. The van der Waals surface area contributed by atoms with Crippen LogP contribution < -0.4 is 5.19 Å². The van der Waals surface area contributed by atoms with E-state index >= 15 is 0 Å². The van der Waals surface area contributed by atoms with Crippen molar-refractivity contribution in [3.63, 3.8) is 0 Å². The molecule has 0 spiro atoms. The van der Waals surface area contributed by atoms with E-state index in [1.165, 1.54) is 11.1 Å². The molecular weight excluding hydrogens is 348 g/mol. The second kappa shape index (κ2) is 7.33. The second-order valence-corrected chi connectivity index (χ2v) is 8.05. The summed E-state index contributed by atoms with van der Waals surface area (Å²) in [6.07, 6.45) is 0. The Morgan fingerprint density at radius 3 is 1.57 bits per heavy atom. The average Bonchev–Trinajstić information content (AvgIpc) is 2.58. The number of rotatable bonds is 6. The topological polar surface area (TPSA) is 27.7 Å². The van der Waals surface area contributed by atoms with Gasteiger partial charge < -0.3 is 13.3 Å². The summed E-state index contributed by atoms with van der Waals surface area (Å²) in [6, 6.07) is 16.6. The highest BCUT2D eigenvalue weighted by Crippen LogP contribution is 2.20. The molecule has 5 heteroatoms. The molecule has 3 nitrogen and oxygen atoms in total. The molecule has 0 aliphatic heterocycles. The second-order valence-electron chi connectivity index (χ2n) is 4.58. The van der Waals surface area contributed by atoms with Gasteiger partial charge in [-0.15, -0.1) is 0 Å². The Bertz CT molecular complexity index is 557. The minimum Gasteiger partial charge on any atom is -0.373 e. The molecular formula is C16H19BrO3Si. The van der Waals surface area contributed by atoms with Crippen LogP contribution in [-0.4, -0.2) is 30.1 Å². The highest BCUT2D eigenvalue weighted by atomic mass is 79.9. The summed E-state index contributed by atoms with van der Waals surface area (Å²) < 4.78 is 16.5. The monoisotopic (exact) mass is 366 g/mol. The van der Waals surface area contributed by atoms with E-state index in [9.17, 15) is 0 Å². The number of hydrogen-bond acceptors (Lipinski definition) is 3. The standard InChI is InChI=1S/C16H19BrO3Si/c1-18-21(19-2,20-3)16-10-8-15(9-11-16)14-6-4-13(12-17)5-7-14/h4-11H,12H2,1-3H3. The van der Waals surface area contributed by atoms with Gasteiger partial charge >= 0.3 is 8.80 Å². The summed E-state index contributed by atoms with van der Waals surface area (Å²) in [5.74, 6) is 0. The van der Waals surface area contributed by atoms with Crippen molar-refractivity contribution in [2.45, 2.75) is 5.33 Å². The Hall–Kier alpha value is -0.983. The molecule has 0 aromatic heterocycles. The molecule has 21 heavy (non-hydrogen) atoms. The zero-order chi connectivity index (χ0) is 15.3. The maximum atomic E-state index is 5.49. The SMILES string of the molecule is CO[Si](OC)(OC)c1ccc(-c2ccc(CBr)cc2)cc1. The lowest BCUT2D eigenvalue weighted by atomic mass is 10.0. The molecule has 0 aliphatic carbocycles. The molecule has 0 atom stereocenters. The van der Waals surface area contributed by atoms with Crippen LogP contribution in [0.3, 0.4) is 0 Å². The summed E-state index contributed by atoms with van der Waals surface area (Å²) in [7, 11) is 2.11. The summed E-state index contributed by atoms with van der Waals surface area (Å²) in [5.41, 5.74) is 3.61. The highest BCUT2D eigenvalue weighted by Gasteiger charge is 2.40. The molecule has 0 bridgehead atoms. The van der Waals surface area contributed by atoms with Gasteiger partial charge in [0.25, 0.3) is 0 Å². The third-order valence-electron chi connectivity index (χ3n) is 3.49. The molecule has 0 saturated carbocycles. The van der Waals surface area contributed by atoms with Crippen molar-refractivity contribution in [3.8, 4) is 11.1 Å². The van der Waals surface area contributed by atoms with E-state index < -0.39 is 8.80 Å². The van der Waals surface area contributed by atoms with E-state index in [-0.39, 0.29) is 0 Å². The largest absolute Gasteiger partial charge is 0.536 e. The maximum Gasteiger partial charge on any atom is 0.536 e. The maximum absolute atomic E-state index is 5.49. The smallest absolute Gasteiger partial charge is 0.373 e. The molecule has 2 aromatic rings. The third kappa shape index (κ3) is 3.44. The first kappa shape index (κ1) is 16.4. The minimum absolute atomic E-state index is 0.871. The quantitative estimate of drug-likeness (QED) is 0.579. The Kier molecular flexibility index (Phi) is 5.72. The number of benzene rings is 2. The van der Waals surface area contributed by atoms with Gasteiger partial charge in [-0.1, -0.05) is 64.5 Å². The lowest BCUT2D eigenvalue weighted by Crippen LogP contribution is -2.54. The van der Waals surface area contributed by atoms with Crippen molar-refractivity contribution in [2.24, 2.45) is 0 Å². The fourth-order valence-corrected chi connectivity index (χ4v) is 4.41. The number of alkyl halides is 1. The zero-order valence-electron chi connectivity index (χ0n) is 12.4. The van der Waals surface area contributed by atoms with Gasteiger partial charge in [0, 0.05) is 31.8 Å². The first-order valence-corrected chi connectivity index (χ1v) is 9.45. The Balaban J connectivity index is 2.29. The lowest BCUT2D eigenvalue weighted by molar-refractivity contribution is 0.140. The molecule has 0 N–H and O–H groups in total. The first-order valence-electron chi connectivity index (χ1n) is 6.60. The molecule has 0 fully saturated rings. The van der Waals surface area contributed by atoms with Crippen LogP contribution in [0.4, 0.5) is 0 Å². The van der Waals surface area contributed by atoms with Gasteiger partial charge in [0.05, 0.1) is 0 Å². The third-order valence-corrected chi connectivity index (χ3v) is 6.79. The molecule has 2 rings (SSSR count). The van der Waals surface area contributed by atoms with Crippen molar-refractivity contribution in [2.75, 3.05) is 21.3 Å². The van der Waals surface area contributed by atoms with E-state index in [0.29, 0.717) is 0 Å². The van der Waals surface area contributed by atoms with Crippen molar-refractivity contribution < 1.29 is 13.3 Å². The fourth-order valence-electron chi connectivity index (χ4n) is 2.26. The fraction of sp³-hybridized carbons (Fsp3) is 0.250. The van der Waals surface area contributed by atoms with E-state index in [4.69, 9.17) is 13.3 Å². The zero-order valence-corrected chi connectivity index (χ0v) is 15.0. The van der Waals surface area contributed by atoms with Gasteiger partial charge in [-0.25, -0.2) is 0 Å². The molecule has 0 heterocycles. The minimum atomic E-state index is -2.74. The predicted molar refractivity (Wildman–Crippen MR) is 90.9 cm³/mol. The number of halogens is 1. The van der Waals surface area contributed by atoms with E-state index in [2.05, 4.69) is 52.3 Å². The predicted octanol–water partition coefficient (Wildman–Crippen LogP) is 3.33. The van der Waals surface area contributed by atoms with Crippen LogP contribution in [0.15, 0.2) is 48.5 Å². The van der Waals surface area contributed by atoms with Gasteiger partial charge in [-0.3, -0.25) is 0 Å². The Morgan fingerprint density at radius 2 is 1.19 bits per heavy atom. The highest BCUT2D eigenvalue weighted by molar-refractivity contribution is 9.08. The van der Waals surface area contributed by atoms with Crippen molar-refractivity contribution in [1.29, 1.82) is 0 Å². The van der Waals surface area contributed by atoms with Crippen molar-refractivity contribution in [3.05, 3.63) is 54.1 Å². The van der Waals surface area contributed by atoms with Crippen LogP contribution >= 0.6 is 15.9 Å². The molecule has 112 valence electrons. The summed E-state index contributed by atoms with van der Waals surface area (Å²) in [4.78, 5) is 0. The summed E-state index contributed by atoms with van der Waals surface area (Å²) in [6.45, 7) is 0.